The summed E-state index contributed by atoms with van der Waals surface area (Å²) in [4.78, 5) is 25.1. The number of ether oxygens (including phenoxy) is 3. The van der Waals surface area contributed by atoms with Crippen molar-refractivity contribution in [1.82, 2.24) is 0 Å². The van der Waals surface area contributed by atoms with Crippen molar-refractivity contribution in [2.45, 2.75) is 19.8 Å². The topological polar surface area (TPSA) is 61.8 Å². The minimum atomic E-state index is -0.479. The van der Waals surface area contributed by atoms with Gasteiger partial charge in [-0.3, -0.25) is 9.59 Å². The molecule has 0 saturated heterocycles. The number of carbonyl (C=O) groups excluding carboxylic acids is 2. The summed E-state index contributed by atoms with van der Waals surface area (Å²) in [5.74, 6) is -0.330. The van der Waals surface area contributed by atoms with Gasteiger partial charge in [0, 0.05) is 11.1 Å². The van der Waals surface area contributed by atoms with Gasteiger partial charge in [-0.1, -0.05) is 37.6 Å². The fourth-order valence-electron chi connectivity index (χ4n) is 2.80. The summed E-state index contributed by atoms with van der Waals surface area (Å²) in [7, 11) is 2.99. The maximum Gasteiger partial charge on any atom is 0.314 e. The number of ketones is 1. The predicted molar refractivity (Wildman–Crippen MR) is 104 cm³/mol. The number of benzene rings is 2. The predicted octanol–water partition coefficient (Wildman–Crippen LogP) is 4.52. The number of Topliss-reactive ketones (excluding diaryl/α,β-unsaturated/α-hetero) is 1. The molecule has 0 amide bonds. The van der Waals surface area contributed by atoms with Crippen LogP contribution in [0.25, 0.3) is 0 Å². The van der Waals surface area contributed by atoms with Crippen LogP contribution in [-0.4, -0.2) is 32.6 Å². The molecule has 0 aromatic heterocycles. The Kier molecular flexibility index (Phi) is 7.25. The molecule has 0 aliphatic rings. The van der Waals surface area contributed by atoms with Gasteiger partial charge in [0.1, 0.15) is 11.5 Å². The molecule has 0 aliphatic heterocycles. The van der Waals surface area contributed by atoms with Gasteiger partial charge in [0.05, 0.1) is 25.7 Å². The second kappa shape index (κ2) is 9.42. The van der Waals surface area contributed by atoms with E-state index in [1.165, 1.54) is 14.2 Å². The highest BCUT2D eigenvalue weighted by atomic mass is 35.5. The molecule has 0 unspecified atom stereocenters. The summed E-state index contributed by atoms with van der Waals surface area (Å²) >= 11 is 5.91. The van der Waals surface area contributed by atoms with Crippen LogP contribution in [0.5, 0.6) is 11.5 Å². The van der Waals surface area contributed by atoms with Crippen molar-refractivity contribution in [3.8, 4) is 11.5 Å². The summed E-state index contributed by atoms with van der Waals surface area (Å²) in [6, 6.07) is 11.9. The van der Waals surface area contributed by atoms with Crippen molar-refractivity contribution in [2.75, 3.05) is 20.8 Å². The number of rotatable bonds is 8. The molecule has 2 aromatic carbocycles. The van der Waals surface area contributed by atoms with Crippen molar-refractivity contribution in [3.63, 3.8) is 0 Å². The summed E-state index contributed by atoms with van der Waals surface area (Å²) in [5.41, 5.74) is 1.13. The van der Waals surface area contributed by atoms with Crippen LogP contribution >= 0.6 is 11.6 Å². The van der Waals surface area contributed by atoms with Gasteiger partial charge in [-0.2, -0.15) is 0 Å². The summed E-state index contributed by atoms with van der Waals surface area (Å²) in [6.07, 6.45) is 0. The van der Waals surface area contributed by atoms with Crippen molar-refractivity contribution in [2.24, 2.45) is 5.92 Å². The summed E-state index contributed by atoms with van der Waals surface area (Å²) in [6.45, 7) is 3.49. The van der Waals surface area contributed by atoms with E-state index in [-0.39, 0.29) is 18.3 Å². The Bertz CT molecular complexity index is 799. The molecule has 5 nitrogen and oxygen atoms in total. The smallest absolute Gasteiger partial charge is 0.314 e. The molecule has 1 atom stereocenters. The molecule has 144 valence electrons. The van der Waals surface area contributed by atoms with Crippen LogP contribution < -0.4 is 9.47 Å². The Morgan fingerprint density at radius 3 is 2.22 bits per heavy atom. The summed E-state index contributed by atoms with van der Waals surface area (Å²) in [5, 5.41) is 0.594. The van der Waals surface area contributed by atoms with Crippen LogP contribution in [0.15, 0.2) is 42.5 Å². The average molecular weight is 391 g/mol. The molecule has 0 saturated carbocycles. The number of methoxy groups -OCH3 is 2. The number of hydrogen-bond donors (Lipinski definition) is 0. The molecule has 6 heteroatoms. The van der Waals surface area contributed by atoms with E-state index in [4.69, 9.17) is 25.8 Å². The van der Waals surface area contributed by atoms with E-state index in [9.17, 15) is 9.59 Å². The van der Waals surface area contributed by atoms with Gasteiger partial charge in [0.15, 0.2) is 6.61 Å². The van der Waals surface area contributed by atoms with Crippen molar-refractivity contribution >= 4 is 23.4 Å². The second-order valence-electron chi connectivity index (χ2n) is 6.37. The highest BCUT2D eigenvalue weighted by Gasteiger charge is 2.27. The molecule has 2 aromatic rings. The number of carbonyl (C=O) groups is 2. The third-order valence-electron chi connectivity index (χ3n) is 4.20. The number of halogens is 1. The zero-order valence-corrected chi connectivity index (χ0v) is 16.6. The fourth-order valence-corrected chi connectivity index (χ4v) is 2.92. The first kappa shape index (κ1) is 20.8. The SMILES string of the molecule is COc1ccc(C(=O)COC(=O)[C@@H](c2ccc(Cl)cc2)C(C)C)c(OC)c1. The van der Waals surface area contributed by atoms with E-state index in [0.717, 1.165) is 5.56 Å². The second-order valence-corrected chi connectivity index (χ2v) is 6.81. The average Bonchev–Trinajstić information content (AvgIpc) is 2.66. The van der Waals surface area contributed by atoms with Crippen LogP contribution in [0.3, 0.4) is 0 Å². The molecule has 27 heavy (non-hydrogen) atoms. The van der Waals surface area contributed by atoms with Crippen LogP contribution in [0, 0.1) is 5.92 Å². The Morgan fingerprint density at radius 2 is 1.67 bits per heavy atom. The summed E-state index contributed by atoms with van der Waals surface area (Å²) < 4.78 is 15.7. The third-order valence-corrected chi connectivity index (χ3v) is 4.46. The zero-order chi connectivity index (χ0) is 20.0. The van der Waals surface area contributed by atoms with E-state index in [0.29, 0.717) is 22.1 Å². The first-order valence-electron chi connectivity index (χ1n) is 8.54. The van der Waals surface area contributed by atoms with Crippen molar-refractivity contribution in [3.05, 3.63) is 58.6 Å². The van der Waals surface area contributed by atoms with Gasteiger partial charge in [0.25, 0.3) is 0 Å². The Balaban J connectivity index is 2.11. The largest absolute Gasteiger partial charge is 0.497 e. The lowest BCUT2D eigenvalue weighted by Crippen LogP contribution is -2.23. The minimum absolute atomic E-state index is 0.00398. The third kappa shape index (κ3) is 5.23. The highest BCUT2D eigenvalue weighted by molar-refractivity contribution is 6.30. The molecule has 0 bridgehead atoms. The highest BCUT2D eigenvalue weighted by Crippen LogP contribution is 2.28. The first-order valence-corrected chi connectivity index (χ1v) is 8.92. The van der Waals surface area contributed by atoms with Gasteiger partial charge in [-0.25, -0.2) is 0 Å². The fraction of sp³-hybridized carbons (Fsp3) is 0.333. The van der Waals surface area contributed by atoms with Crippen LogP contribution in [0.4, 0.5) is 0 Å². The van der Waals surface area contributed by atoms with E-state index >= 15 is 0 Å². The van der Waals surface area contributed by atoms with Crippen LogP contribution in [0.2, 0.25) is 5.02 Å². The molecule has 0 fully saturated rings. The first-order chi connectivity index (χ1) is 12.9. The number of esters is 1. The van der Waals surface area contributed by atoms with Crippen molar-refractivity contribution in [1.29, 1.82) is 0 Å². The molecular formula is C21H23ClO5. The molecule has 0 spiro atoms. The van der Waals surface area contributed by atoms with Crippen LogP contribution in [0.1, 0.15) is 35.7 Å². The monoisotopic (exact) mass is 390 g/mol. The van der Waals surface area contributed by atoms with Gasteiger partial charge in [-0.15, -0.1) is 0 Å². The maximum atomic E-state index is 12.6. The quantitative estimate of drug-likeness (QED) is 0.489. The Labute approximate surface area is 164 Å². The lowest BCUT2D eigenvalue weighted by atomic mass is 9.88. The van der Waals surface area contributed by atoms with E-state index < -0.39 is 11.9 Å². The van der Waals surface area contributed by atoms with Gasteiger partial charge >= 0.3 is 5.97 Å². The normalized spacial score (nSPS) is 11.8. The van der Waals surface area contributed by atoms with Gasteiger partial charge in [0.2, 0.25) is 5.78 Å². The number of hydrogen-bond acceptors (Lipinski definition) is 5. The molecule has 0 heterocycles. The molecular weight excluding hydrogens is 368 g/mol. The lowest BCUT2D eigenvalue weighted by Gasteiger charge is -2.20. The molecule has 2 rings (SSSR count). The van der Waals surface area contributed by atoms with Crippen LogP contribution in [-0.2, 0) is 9.53 Å². The molecule has 0 aliphatic carbocycles. The van der Waals surface area contributed by atoms with E-state index in [2.05, 4.69) is 0 Å². The van der Waals surface area contributed by atoms with E-state index in [1.54, 1.807) is 42.5 Å². The van der Waals surface area contributed by atoms with Gasteiger partial charge in [-0.05, 0) is 35.7 Å². The van der Waals surface area contributed by atoms with Crippen molar-refractivity contribution < 1.29 is 23.8 Å². The molecule has 0 radical (unpaired) electrons. The Morgan fingerprint density at radius 1 is 1.00 bits per heavy atom. The zero-order valence-electron chi connectivity index (χ0n) is 15.8. The van der Waals surface area contributed by atoms with E-state index in [1.807, 2.05) is 13.8 Å². The molecule has 0 N–H and O–H groups in total. The standard InChI is InChI=1S/C21H23ClO5/c1-13(2)20(14-5-7-15(22)8-6-14)21(24)27-12-18(23)17-10-9-16(25-3)11-19(17)26-4/h5-11,13,20H,12H2,1-4H3/t20-/m1/s1. The lowest BCUT2D eigenvalue weighted by molar-refractivity contribution is -0.145. The Hall–Kier alpha value is -2.53. The maximum absolute atomic E-state index is 12.6. The minimum Gasteiger partial charge on any atom is -0.497 e. The van der Waals surface area contributed by atoms with Gasteiger partial charge < -0.3 is 14.2 Å².